The first-order valence-corrected chi connectivity index (χ1v) is 10.9. The molecule has 0 aliphatic carbocycles. The van der Waals surface area contributed by atoms with Gasteiger partial charge in [-0.05, 0) is 49.6 Å². The Morgan fingerprint density at radius 2 is 1.84 bits per heavy atom. The van der Waals surface area contributed by atoms with E-state index in [2.05, 4.69) is 65.7 Å². The van der Waals surface area contributed by atoms with E-state index in [-0.39, 0.29) is 30.1 Å². The maximum atomic E-state index is 5.83. The van der Waals surface area contributed by atoms with Crippen LogP contribution in [0.2, 0.25) is 0 Å². The van der Waals surface area contributed by atoms with E-state index in [1.165, 1.54) is 11.1 Å². The SMILES string of the molecule is CCOC(CCNC(=NC)NCc1ccccc1CN(C)Cc1ccco1)C(C)C.I. The zero-order chi connectivity index (χ0) is 21.8. The van der Waals surface area contributed by atoms with Crippen LogP contribution in [-0.4, -0.2) is 44.2 Å². The quantitative estimate of drug-likeness (QED) is 0.233. The molecular weight excluding hydrogens is 503 g/mol. The highest BCUT2D eigenvalue weighted by Gasteiger charge is 2.13. The average Bonchev–Trinajstić information content (AvgIpc) is 3.23. The molecule has 0 radical (unpaired) electrons. The Morgan fingerprint density at radius 1 is 1.10 bits per heavy atom. The van der Waals surface area contributed by atoms with Crippen molar-refractivity contribution < 1.29 is 9.15 Å². The van der Waals surface area contributed by atoms with Crippen LogP contribution < -0.4 is 10.6 Å². The summed E-state index contributed by atoms with van der Waals surface area (Å²) >= 11 is 0. The molecule has 31 heavy (non-hydrogen) atoms. The number of benzene rings is 1. The molecule has 174 valence electrons. The highest BCUT2D eigenvalue weighted by molar-refractivity contribution is 14.0. The van der Waals surface area contributed by atoms with Gasteiger partial charge in [-0.2, -0.15) is 0 Å². The van der Waals surface area contributed by atoms with Crippen LogP contribution in [0.5, 0.6) is 0 Å². The predicted octanol–water partition coefficient (Wildman–Crippen LogP) is 4.65. The van der Waals surface area contributed by atoms with Gasteiger partial charge in [0.15, 0.2) is 5.96 Å². The molecular formula is C24H39IN4O2. The highest BCUT2D eigenvalue weighted by Crippen LogP contribution is 2.13. The van der Waals surface area contributed by atoms with Gasteiger partial charge in [-0.1, -0.05) is 38.1 Å². The summed E-state index contributed by atoms with van der Waals surface area (Å²) in [5, 5.41) is 6.85. The first-order valence-electron chi connectivity index (χ1n) is 10.9. The lowest BCUT2D eigenvalue weighted by molar-refractivity contribution is 0.0258. The number of hydrogen-bond donors (Lipinski definition) is 2. The monoisotopic (exact) mass is 542 g/mol. The summed E-state index contributed by atoms with van der Waals surface area (Å²) in [6.45, 7) is 10.4. The van der Waals surface area contributed by atoms with Crippen molar-refractivity contribution in [3.63, 3.8) is 0 Å². The second-order valence-corrected chi connectivity index (χ2v) is 7.90. The summed E-state index contributed by atoms with van der Waals surface area (Å²) in [4.78, 5) is 6.62. The van der Waals surface area contributed by atoms with Crippen LogP contribution in [0.3, 0.4) is 0 Å². The third kappa shape index (κ3) is 10.1. The van der Waals surface area contributed by atoms with Gasteiger partial charge in [0.1, 0.15) is 5.76 Å². The van der Waals surface area contributed by atoms with Gasteiger partial charge in [0.25, 0.3) is 0 Å². The zero-order valence-electron chi connectivity index (χ0n) is 19.6. The summed E-state index contributed by atoms with van der Waals surface area (Å²) in [5.74, 6) is 2.30. The number of rotatable bonds is 12. The van der Waals surface area contributed by atoms with E-state index in [1.807, 2.05) is 19.1 Å². The summed E-state index contributed by atoms with van der Waals surface area (Å²) in [6.07, 6.45) is 2.95. The van der Waals surface area contributed by atoms with Crippen LogP contribution in [0.25, 0.3) is 0 Å². The molecule has 0 spiro atoms. The lowest BCUT2D eigenvalue weighted by Gasteiger charge is -2.22. The van der Waals surface area contributed by atoms with E-state index in [1.54, 1.807) is 13.3 Å². The largest absolute Gasteiger partial charge is 0.468 e. The molecule has 1 aromatic carbocycles. The Kier molecular flexibility index (Phi) is 13.5. The number of nitrogens with zero attached hydrogens (tertiary/aromatic N) is 2. The van der Waals surface area contributed by atoms with E-state index in [0.717, 1.165) is 50.9 Å². The van der Waals surface area contributed by atoms with Crippen LogP contribution in [0.4, 0.5) is 0 Å². The van der Waals surface area contributed by atoms with Gasteiger partial charge in [-0.25, -0.2) is 0 Å². The molecule has 1 atom stereocenters. The third-order valence-electron chi connectivity index (χ3n) is 5.08. The normalized spacial score (nSPS) is 12.7. The minimum absolute atomic E-state index is 0. The van der Waals surface area contributed by atoms with Crippen molar-refractivity contribution in [3.8, 4) is 0 Å². The fraction of sp³-hybridized carbons (Fsp3) is 0.542. The smallest absolute Gasteiger partial charge is 0.191 e. The Hall–Kier alpha value is -1.58. The topological polar surface area (TPSA) is 62.0 Å². The molecule has 0 saturated carbocycles. The number of ether oxygens (including phenoxy) is 1. The van der Waals surface area contributed by atoms with Gasteiger partial charge in [0, 0.05) is 33.3 Å². The standard InChI is InChI=1S/C24H38N4O2.HI/c1-6-29-23(19(2)3)13-14-26-24(25-4)27-16-20-10-7-8-11-21(20)17-28(5)18-22-12-9-15-30-22;/h7-12,15,19,23H,6,13-14,16-18H2,1-5H3,(H2,25,26,27);1H. The molecule has 0 saturated heterocycles. The first kappa shape index (κ1) is 27.5. The molecule has 2 aromatic rings. The number of furan rings is 1. The molecule has 0 fully saturated rings. The number of aliphatic imine (C=N–C) groups is 1. The average molecular weight is 543 g/mol. The molecule has 0 aliphatic heterocycles. The zero-order valence-corrected chi connectivity index (χ0v) is 21.9. The van der Waals surface area contributed by atoms with Crippen molar-refractivity contribution in [2.75, 3.05) is 27.2 Å². The molecule has 1 aromatic heterocycles. The van der Waals surface area contributed by atoms with E-state index in [9.17, 15) is 0 Å². The van der Waals surface area contributed by atoms with Crippen LogP contribution in [0.15, 0.2) is 52.1 Å². The van der Waals surface area contributed by atoms with Crippen molar-refractivity contribution in [2.24, 2.45) is 10.9 Å². The maximum Gasteiger partial charge on any atom is 0.191 e. The third-order valence-corrected chi connectivity index (χ3v) is 5.08. The fourth-order valence-electron chi connectivity index (χ4n) is 3.46. The maximum absolute atomic E-state index is 5.83. The molecule has 2 rings (SSSR count). The number of guanidine groups is 1. The summed E-state index contributed by atoms with van der Waals surface area (Å²) < 4.78 is 11.3. The van der Waals surface area contributed by atoms with Crippen LogP contribution in [0.1, 0.15) is 44.1 Å². The minimum atomic E-state index is 0. The Labute approximate surface area is 204 Å². The van der Waals surface area contributed by atoms with Crippen LogP contribution >= 0.6 is 24.0 Å². The van der Waals surface area contributed by atoms with E-state index >= 15 is 0 Å². The highest BCUT2D eigenvalue weighted by atomic mass is 127. The molecule has 6 nitrogen and oxygen atoms in total. The second kappa shape index (κ2) is 15.3. The molecule has 1 heterocycles. The van der Waals surface area contributed by atoms with Crippen molar-refractivity contribution in [1.29, 1.82) is 0 Å². The van der Waals surface area contributed by atoms with Gasteiger partial charge < -0.3 is 19.8 Å². The van der Waals surface area contributed by atoms with Gasteiger partial charge in [0.2, 0.25) is 0 Å². The Morgan fingerprint density at radius 3 is 2.45 bits per heavy atom. The molecule has 0 bridgehead atoms. The number of hydrogen-bond acceptors (Lipinski definition) is 4. The summed E-state index contributed by atoms with van der Waals surface area (Å²) in [7, 11) is 3.91. The van der Waals surface area contributed by atoms with Crippen LogP contribution in [0, 0.1) is 5.92 Å². The lowest BCUT2D eigenvalue weighted by Crippen LogP contribution is -2.39. The number of halogens is 1. The summed E-state index contributed by atoms with van der Waals surface area (Å²) in [6, 6.07) is 12.5. The van der Waals surface area contributed by atoms with Crippen molar-refractivity contribution in [2.45, 2.75) is 52.9 Å². The summed E-state index contributed by atoms with van der Waals surface area (Å²) in [5.41, 5.74) is 2.56. The van der Waals surface area contributed by atoms with Gasteiger partial charge in [-0.15, -0.1) is 24.0 Å². The van der Waals surface area contributed by atoms with Crippen molar-refractivity contribution >= 4 is 29.9 Å². The van der Waals surface area contributed by atoms with Crippen LogP contribution in [-0.2, 0) is 24.4 Å². The molecule has 1 unspecified atom stereocenters. The van der Waals surface area contributed by atoms with E-state index in [0.29, 0.717) is 5.92 Å². The number of nitrogens with one attached hydrogen (secondary N) is 2. The molecule has 7 heteroatoms. The first-order chi connectivity index (χ1) is 14.5. The molecule has 0 aliphatic rings. The van der Waals surface area contributed by atoms with Crippen molar-refractivity contribution in [3.05, 3.63) is 59.5 Å². The van der Waals surface area contributed by atoms with E-state index in [4.69, 9.17) is 9.15 Å². The van der Waals surface area contributed by atoms with Gasteiger partial charge >= 0.3 is 0 Å². The van der Waals surface area contributed by atoms with Gasteiger partial charge in [-0.3, -0.25) is 9.89 Å². The van der Waals surface area contributed by atoms with Gasteiger partial charge in [0.05, 0.1) is 18.9 Å². The Balaban J connectivity index is 0.00000480. The second-order valence-electron chi connectivity index (χ2n) is 7.90. The molecule has 0 amide bonds. The minimum Gasteiger partial charge on any atom is -0.468 e. The van der Waals surface area contributed by atoms with E-state index < -0.39 is 0 Å². The van der Waals surface area contributed by atoms with Crippen molar-refractivity contribution in [1.82, 2.24) is 15.5 Å². The Bertz CT molecular complexity index is 750. The molecule has 2 N–H and O–H groups in total. The lowest BCUT2D eigenvalue weighted by atomic mass is 10.0. The predicted molar refractivity (Wildman–Crippen MR) is 139 cm³/mol. The fourth-order valence-corrected chi connectivity index (χ4v) is 3.46.